The van der Waals surface area contributed by atoms with Gasteiger partial charge in [-0.25, -0.2) is 0 Å². The summed E-state index contributed by atoms with van der Waals surface area (Å²) in [5.74, 6) is 0.771. The Labute approximate surface area is 233 Å². The minimum atomic E-state index is -0.00726. The second-order valence-corrected chi connectivity index (χ2v) is 11.6. The SMILES string of the molecule is CN[C@H]1CC[C@H](N(Cc2cc(-c3cc(C)nc(C)c3)ccc2OC)C(=O)c2sc3ccccc3c2Cl)CC1. The first-order valence-electron chi connectivity index (χ1n) is 13.2. The summed E-state index contributed by atoms with van der Waals surface area (Å²) in [7, 11) is 3.70. The summed E-state index contributed by atoms with van der Waals surface area (Å²) in [6, 6.07) is 19.0. The molecule has 4 aromatic rings. The molecule has 1 aliphatic carbocycles. The molecule has 0 aliphatic heterocycles. The van der Waals surface area contributed by atoms with Gasteiger partial charge in [0.15, 0.2) is 0 Å². The summed E-state index contributed by atoms with van der Waals surface area (Å²) in [4.78, 5) is 21.4. The number of aryl methyl sites for hydroxylation is 2. The predicted molar refractivity (Wildman–Crippen MR) is 158 cm³/mol. The number of hydrogen-bond donors (Lipinski definition) is 1. The van der Waals surface area contributed by atoms with Crippen LogP contribution in [0.4, 0.5) is 0 Å². The molecule has 1 amide bonds. The maximum absolute atomic E-state index is 14.2. The quantitative estimate of drug-likeness (QED) is 0.261. The summed E-state index contributed by atoms with van der Waals surface area (Å²) < 4.78 is 6.81. The minimum absolute atomic E-state index is 0.00726. The average molecular weight is 548 g/mol. The topological polar surface area (TPSA) is 54.5 Å². The molecular weight excluding hydrogens is 514 g/mol. The maximum atomic E-state index is 14.2. The van der Waals surface area contributed by atoms with E-state index in [0.717, 1.165) is 69.6 Å². The first kappa shape index (κ1) is 26.7. The highest BCUT2D eigenvalue weighted by molar-refractivity contribution is 7.21. The molecular formula is C31H34ClN3O2S. The van der Waals surface area contributed by atoms with Crippen LogP contribution in [0.3, 0.4) is 0 Å². The van der Waals surface area contributed by atoms with Gasteiger partial charge in [0.2, 0.25) is 0 Å². The van der Waals surface area contributed by atoms with Crippen molar-refractivity contribution in [3.63, 3.8) is 0 Å². The molecule has 0 spiro atoms. The Bertz CT molecular complexity index is 1440. The van der Waals surface area contributed by atoms with Crippen molar-refractivity contribution in [2.75, 3.05) is 14.2 Å². The second-order valence-electron chi connectivity index (χ2n) is 10.1. The van der Waals surface area contributed by atoms with Crippen molar-refractivity contribution in [1.82, 2.24) is 15.2 Å². The summed E-state index contributed by atoms with van der Waals surface area (Å²) in [5, 5.41) is 4.89. The van der Waals surface area contributed by atoms with Crippen molar-refractivity contribution in [1.29, 1.82) is 0 Å². The number of carbonyl (C=O) groups is 1. The zero-order valence-electron chi connectivity index (χ0n) is 22.4. The first-order chi connectivity index (χ1) is 18.4. The second kappa shape index (κ2) is 11.4. The molecule has 1 N–H and O–H groups in total. The van der Waals surface area contributed by atoms with E-state index in [1.54, 1.807) is 7.11 Å². The van der Waals surface area contributed by atoms with Crippen LogP contribution in [0.2, 0.25) is 5.02 Å². The number of fused-ring (bicyclic) bond motifs is 1. The van der Waals surface area contributed by atoms with Crippen molar-refractivity contribution in [2.24, 2.45) is 0 Å². The van der Waals surface area contributed by atoms with E-state index in [1.807, 2.05) is 56.1 Å². The van der Waals surface area contributed by atoms with E-state index < -0.39 is 0 Å². The van der Waals surface area contributed by atoms with Crippen molar-refractivity contribution >= 4 is 38.9 Å². The smallest absolute Gasteiger partial charge is 0.266 e. The summed E-state index contributed by atoms with van der Waals surface area (Å²) in [5.41, 5.74) is 5.14. The zero-order valence-corrected chi connectivity index (χ0v) is 24.0. The number of halogens is 1. The molecule has 7 heteroatoms. The number of methoxy groups -OCH3 is 1. The lowest BCUT2D eigenvalue weighted by Crippen LogP contribution is -2.44. The highest BCUT2D eigenvalue weighted by atomic mass is 35.5. The van der Waals surface area contributed by atoms with Crippen LogP contribution in [-0.2, 0) is 6.54 Å². The van der Waals surface area contributed by atoms with Crippen LogP contribution >= 0.6 is 22.9 Å². The largest absolute Gasteiger partial charge is 0.496 e. The third-order valence-electron chi connectivity index (χ3n) is 7.57. The fourth-order valence-electron chi connectivity index (χ4n) is 5.59. The molecule has 0 bridgehead atoms. The highest BCUT2D eigenvalue weighted by Crippen LogP contribution is 2.38. The van der Waals surface area contributed by atoms with Gasteiger partial charge in [0, 0.05) is 45.7 Å². The van der Waals surface area contributed by atoms with Gasteiger partial charge in [0.05, 0.1) is 12.1 Å². The molecule has 5 nitrogen and oxygen atoms in total. The van der Waals surface area contributed by atoms with E-state index >= 15 is 0 Å². The number of nitrogens with zero attached hydrogens (tertiary/aromatic N) is 2. The van der Waals surface area contributed by atoms with Crippen LogP contribution < -0.4 is 10.1 Å². The number of carbonyl (C=O) groups excluding carboxylic acids is 1. The Hall–Kier alpha value is -2.93. The molecule has 2 heterocycles. The van der Waals surface area contributed by atoms with E-state index in [0.29, 0.717) is 22.5 Å². The monoisotopic (exact) mass is 547 g/mol. The molecule has 2 aromatic carbocycles. The molecule has 38 heavy (non-hydrogen) atoms. The number of rotatable bonds is 7. The number of nitrogens with one attached hydrogen (secondary N) is 1. The molecule has 0 atom stereocenters. The van der Waals surface area contributed by atoms with Gasteiger partial charge in [0.1, 0.15) is 10.6 Å². The predicted octanol–water partition coefficient (Wildman–Crippen LogP) is 7.42. The van der Waals surface area contributed by atoms with Gasteiger partial charge in [-0.1, -0.05) is 35.9 Å². The van der Waals surface area contributed by atoms with Crippen LogP contribution in [0.1, 0.15) is 52.3 Å². The molecule has 198 valence electrons. The van der Waals surface area contributed by atoms with Crippen molar-refractivity contribution in [3.05, 3.63) is 81.4 Å². The molecule has 1 aliphatic rings. The van der Waals surface area contributed by atoms with Gasteiger partial charge >= 0.3 is 0 Å². The molecule has 0 radical (unpaired) electrons. The first-order valence-corrected chi connectivity index (χ1v) is 14.3. The Balaban J connectivity index is 1.54. The standard InChI is InChI=1S/C31H34ClN3O2S/c1-19-15-22(16-20(2)34-19)21-9-14-27(37-4)23(17-21)18-35(25-12-10-24(33-3)11-13-25)31(36)30-29(32)26-7-5-6-8-28(26)38-30/h5-9,14-17,24-25,33H,10-13,18H2,1-4H3/t24-,25-. The molecule has 1 fully saturated rings. The van der Waals surface area contributed by atoms with Gasteiger partial charge in [-0.15, -0.1) is 11.3 Å². The third-order valence-corrected chi connectivity index (χ3v) is 9.24. The number of amides is 1. The third kappa shape index (κ3) is 5.44. The van der Waals surface area contributed by atoms with E-state index in [4.69, 9.17) is 16.3 Å². The van der Waals surface area contributed by atoms with E-state index in [2.05, 4.69) is 34.6 Å². The fourth-order valence-corrected chi connectivity index (χ4v) is 7.06. The normalized spacial score (nSPS) is 17.5. The van der Waals surface area contributed by atoms with Crippen molar-refractivity contribution in [3.8, 4) is 16.9 Å². The summed E-state index contributed by atoms with van der Waals surface area (Å²) in [6.07, 6.45) is 3.98. The Kier molecular flexibility index (Phi) is 8.03. The van der Waals surface area contributed by atoms with Crippen LogP contribution in [0, 0.1) is 13.8 Å². The molecule has 1 saturated carbocycles. The fraction of sp³-hybridized carbons (Fsp3) is 0.355. The molecule has 0 unspecified atom stereocenters. The maximum Gasteiger partial charge on any atom is 0.266 e. The number of aromatic nitrogens is 1. The Morgan fingerprint density at radius 1 is 1.05 bits per heavy atom. The van der Waals surface area contributed by atoms with Crippen LogP contribution in [0.25, 0.3) is 21.2 Å². The van der Waals surface area contributed by atoms with Crippen LogP contribution in [0.5, 0.6) is 5.75 Å². The number of thiophene rings is 1. The van der Waals surface area contributed by atoms with Gasteiger partial charge in [-0.05, 0) is 88.0 Å². The van der Waals surface area contributed by atoms with Gasteiger partial charge in [0.25, 0.3) is 5.91 Å². The number of pyridine rings is 1. The Morgan fingerprint density at radius 2 is 1.76 bits per heavy atom. The minimum Gasteiger partial charge on any atom is -0.496 e. The number of benzene rings is 2. The van der Waals surface area contributed by atoms with Crippen LogP contribution in [0.15, 0.2) is 54.6 Å². The lowest BCUT2D eigenvalue weighted by atomic mass is 9.89. The molecule has 2 aromatic heterocycles. The summed E-state index contributed by atoms with van der Waals surface area (Å²) >= 11 is 8.28. The lowest BCUT2D eigenvalue weighted by Gasteiger charge is -2.37. The zero-order chi connectivity index (χ0) is 26.8. The van der Waals surface area contributed by atoms with Crippen molar-refractivity contribution < 1.29 is 9.53 Å². The molecule has 5 rings (SSSR count). The van der Waals surface area contributed by atoms with Gasteiger partial charge in [-0.3, -0.25) is 9.78 Å². The number of hydrogen-bond acceptors (Lipinski definition) is 5. The van der Waals surface area contributed by atoms with E-state index in [9.17, 15) is 4.79 Å². The van der Waals surface area contributed by atoms with Crippen molar-refractivity contribution in [2.45, 2.75) is 58.2 Å². The van der Waals surface area contributed by atoms with E-state index in [-0.39, 0.29) is 11.9 Å². The number of ether oxygens (including phenoxy) is 1. The highest BCUT2D eigenvalue weighted by Gasteiger charge is 2.32. The van der Waals surface area contributed by atoms with Gasteiger partial charge < -0.3 is 15.0 Å². The van der Waals surface area contributed by atoms with Crippen LogP contribution in [-0.4, -0.2) is 42.0 Å². The Morgan fingerprint density at radius 3 is 2.42 bits per heavy atom. The van der Waals surface area contributed by atoms with E-state index in [1.165, 1.54) is 11.3 Å². The van der Waals surface area contributed by atoms with Gasteiger partial charge in [-0.2, -0.15) is 0 Å². The summed E-state index contributed by atoms with van der Waals surface area (Å²) in [6.45, 7) is 4.48. The lowest BCUT2D eigenvalue weighted by molar-refractivity contribution is 0.0604. The average Bonchev–Trinajstić information content (AvgIpc) is 3.27. The molecule has 0 saturated heterocycles.